The minimum atomic E-state index is -4.04. The van der Waals surface area contributed by atoms with E-state index >= 15 is 0 Å². The van der Waals surface area contributed by atoms with Crippen LogP contribution in [0, 0.1) is 0 Å². The molecule has 3 rings (SSSR count). The predicted octanol–water partition coefficient (Wildman–Crippen LogP) is 4.31. The molecule has 0 radical (unpaired) electrons. The van der Waals surface area contributed by atoms with Gasteiger partial charge in [-0.05, 0) is 68.1 Å². The van der Waals surface area contributed by atoms with Crippen LogP contribution in [0.3, 0.4) is 0 Å². The number of ether oxygens (including phenoxy) is 1. The Hall–Kier alpha value is -1.84. The van der Waals surface area contributed by atoms with Gasteiger partial charge < -0.3 is 9.64 Å². The van der Waals surface area contributed by atoms with E-state index in [1.165, 1.54) is 5.56 Å². The van der Waals surface area contributed by atoms with Crippen molar-refractivity contribution < 1.29 is 22.5 Å². The van der Waals surface area contributed by atoms with Gasteiger partial charge >= 0.3 is 0 Å². The minimum absolute atomic E-state index is 0.0269. The zero-order valence-corrected chi connectivity index (χ0v) is 21.6. The Morgan fingerprint density at radius 1 is 1.06 bits per heavy atom. The summed E-state index contributed by atoms with van der Waals surface area (Å²) in [6.45, 7) is 6.15. The molecule has 0 bridgehead atoms. The first-order valence-electron chi connectivity index (χ1n) is 11.2. The quantitative estimate of drug-likeness (QED) is 0.487. The number of carbonyl (C=O) groups excluding carboxylic acids is 1. The minimum Gasteiger partial charge on any atom is -0.483 e. The van der Waals surface area contributed by atoms with Crippen molar-refractivity contribution in [1.29, 1.82) is 0 Å². The van der Waals surface area contributed by atoms with Crippen LogP contribution in [0.4, 0.5) is 0 Å². The van der Waals surface area contributed by atoms with Gasteiger partial charge in [0.25, 0.3) is 16.0 Å². The number of halogens is 2. The second-order valence-corrected chi connectivity index (χ2v) is 11.2. The summed E-state index contributed by atoms with van der Waals surface area (Å²) in [6, 6.07) is 13.0. The highest BCUT2D eigenvalue weighted by Gasteiger charge is 2.32. The van der Waals surface area contributed by atoms with Gasteiger partial charge in [-0.1, -0.05) is 35.3 Å². The number of hydrogen-bond donors (Lipinski definition) is 1. The Kier molecular flexibility index (Phi) is 9.23. The van der Waals surface area contributed by atoms with Gasteiger partial charge in [-0.15, -0.1) is 0 Å². The molecule has 2 atom stereocenters. The number of rotatable bonds is 9. The molecule has 34 heavy (non-hydrogen) atoms. The molecule has 0 spiro atoms. The highest BCUT2D eigenvalue weighted by Crippen LogP contribution is 2.25. The first-order valence-corrected chi connectivity index (χ1v) is 13.5. The van der Waals surface area contributed by atoms with Gasteiger partial charge in [0.15, 0.2) is 6.61 Å². The van der Waals surface area contributed by atoms with Crippen molar-refractivity contribution in [2.45, 2.75) is 45.3 Å². The van der Waals surface area contributed by atoms with Crippen molar-refractivity contribution in [3.8, 4) is 5.75 Å². The number of carbonyl (C=O) groups is 1. The van der Waals surface area contributed by atoms with Crippen molar-refractivity contribution in [2.24, 2.45) is 0 Å². The standard InChI is InChI=1S/C24H30Cl2N2O5S/c1-17-14-28(18(2)13-27(17)15-19-5-7-21(25)8-6-19)24(29)16-33-23-10-9-22(26)12-20(23)4-3-11-34(30,31)32/h5-10,12,17-18H,3-4,11,13-16H2,1-2H3,(H,30,31,32)/t17-,18+/m0/s1. The molecule has 0 saturated carbocycles. The van der Waals surface area contributed by atoms with Crippen molar-refractivity contribution in [2.75, 3.05) is 25.4 Å². The molecule has 1 heterocycles. The highest BCUT2D eigenvalue weighted by atomic mass is 35.5. The molecule has 1 N–H and O–H groups in total. The Morgan fingerprint density at radius 2 is 1.74 bits per heavy atom. The number of piperazine rings is 1. The van der Waals surface area contributed by atoms with Gasteiger partial charge in [-0.3, -0.25) is 14.2 Å². The van der Waals surface area contributed by atoms with Crippen LogP contribution in [0.2, 0.25) is 10.0 Å². The van der Waals surface area contributed by atoms with Crippen LogP contribution in [0.1, 0.15) is 31.4 Å². The first kappa shape index (κ1) is 26.8. The van der Waals surface area contributed by atoms with E-state index in [0.717, 1.165) is 13.1 Å². The van der Waals surface area contributed by atoms with E-state index in [1.54, 1.807) is 18.2 Å². The van der Waals surface area contributed by atoms with E-state index in [-0.39, 0.29) is 36.8 Å². The van der Waals surface area contributed by atoms with E-state index in [1.807, 2.05) is 36.1 Å². The van der Waals surface area contributed by atoms with Crippen LogP contribution in [-0.2, 0) is 27.9 Å². The predicted molar refractivity (Wildman–Crippen MR) is 134 cm³/mol. The van der Waals surface area contributed by atoms with Crippen LogP contribution in [-0.4, -0.2) is 66.2 Å². The second kappa shape index (κ2) is 11.7. The van der Waals surface area contributed by atoms with Crippen LogP contribution < -0.4 is 4.74 Å². The summed E-state index contributed by atoms with van der Waals surface area (Å²) in [5.74, 6) is 0.0209. The lowest BCUT2D eigenvalue weighted by atomic mass is 10.1. The van der Waals surface area contributed by atoms with Gasteiger partial charge in [0.05, 0.1) is 5.75 Å². The second-order valence-electron chi connectivity index (χ2n) is 8.73. The first-order chi connectivity index (χ1) is 16.0. The van der Waals surface area contributed by atoms with E-state index in [4.69, 9.17) is 32.5 Å². The fraction of sp³-hybridized carbons (Fsp3) is 0.458. The summed E-state index contributed by atoms with van der Waals surface area (Å²) in [4.78, 5) is 17.2. The number of aryl methyl sites for hydroxylation is 1. The van der Waals surface area contributed by atoms with Crippen molar-refractivity contribution in [3.63, 3.8) is 0 Å². The highest BCUT2D eigenvalue weighted by molar-refractivity contribution is 7.85. The number of nitrogens with zero attached hydrogens (tertiary/aromatic N) is 2. The molecular weight excluding hydrogens is 499 g/mol. The molecule has 0 aliphatic carbocycles. The van der Waals surface area contributed by atoms with Crippen LogP contribution in [0.5, 0.6) is 5.75 Å². The summed E-state index contributed by atoms with van der Waals surface area (Å²) in [6.07, 6.45) is 0.564. The van der Waals surface area contributed by atoms with Gasteiger partial charge in [0.2, 0.25) is 0 Å². The maximum atomic E-state index is 13.0. The summed E-state index contributed by atoms with van der Waals surface area (Å²) in [5, 5.41) is 1.20. The maximum Gasteiger partial charge on any atom is 0.264 e. The fourth-order valence-corrected chi connectivity index (χ4v) is 4.97. The van der Waals surface area contributed by atoms with Crippen LogP contribution in [0.25, 0.3) is 0 Å². The third-order valence-corrected chi connectivity index (χ3v) is 7.25. The topological polar surface area (TPSA) is 87.2 Å². The van der Waals surface area contributed by atoms with Gasteiger partial charge in [-0.25, -0.2) is 0 Å². The number of amides is 1. The van der Waals surface area contributed by atoms with Gasteiger partial charge in [-0.2, -0.15) is 8.42 Å². The smallest absolute Gasteiger partial charge is 0.264 e. The van der Waals surface area contributed by atoms with Gasteiger partial charge in [0, 0.05) is 41.8 Å². The molecule has 0 aromatic heterocycles. The fourth-order valence-electron chi connectivity index (χ4n) is 4.14. The van der Waals surface area contributed by atoms with Crippen molar-refractivity contribution in [1.82, 2.24) is 9.80 Å². The molecule has 1 amide bonds. The normalized spacial score (nSPS) is 19.3. The molecule has 1 aliphatic rings. The van der Waals surface area contributed by atoms with E-state index < -0.39 is 10.1 Å². The summed E-state index contributed by atoms with van der Waals surface area (Å²) in [7, 11) is -4.04. The average molecular weight is 529 g/mol. The van der Waals surface area contributed by atoms with Crippen LogP contribution in [0.15, 0.2) is 42.5 Å². The summed E-state index contributed by atoms with van der Waals surface area (Å²) < 4.78 is 36.8. The zero-order chi connectivity index (χ0) is 24.9. The summed E-state index contributed by atoms with van der Waals surface area (Å²) >= 11 is 12.1. The third-order valence-electron chi connectivity index (χ3n) is 5.96. The largest absolute Gasteiger partial charge is 0.483 e. The molecule has 0 unspecified atom stereocenters. The molecule has 2 aromatic rings. The van der Waals surface area contributed by atoms with E-state index in [9.17, 15) is 13.2 Å². The van der Waals surface area contributed by atoms with E-state index in [2.05, 4.69) is 11.8 Å². The van der Waals surface area contributed by atoms with E-state index in [0.29, 0.717) is 34.3 Å². The Labute approximate surface area is 211 Å². The average Bonchev–Trinajstić information content (AvgIpc) is 2.76. The molecule has 2 aromatic carbocycles. The number of hydrogen-bond acceptors (Lipinski definition) is 5. The zero-order valence-electron chi connectivity index (χ0n) is 19.3. The Morgan fingerprint density at radius 3 is 2.41 bits per heavy atom. The lowest BCUT2D eigenvalue weighted by molar-refractivity contribution is -0.139. The lowest BCUT2D eigenvalue weighted by Gasteiger charge is -2.44. The molecule has 10 heteroatoms. The molecule has 1 aliphatic heterocycles. The SMILES string of the molecule is C[C@@H]1CN(Cc2ccc(Cl)cc2)[C@@H](C)CN1C(=O)COc1ccc(Cl)cc1CCCS(=O)(=O)O. The lowest BCUT2D eigenvalue weighted by Crippen LogP contribution is -2.58. The maximum absolute atomic E-state index is 13.0. The van der Waals surface area contributed by atoms with Crippen molar-refractivity contribution >= 4 is 39.2 Å². The van der Waals surface area contributed by atoms with Crippen LogP contribution >= 0.6 is 23.2 Å². The summed E-state index contributed by atoms with van der Waals surface area (Å²) in [5.41, 5.74) is 1.87. The van der Waals surface area contributed by atoms with Crippen molar-refractivity contribution in [3.05, 3.63) is 63.6 Å². The Balaban J connectivity index is 1.57. The molecule has 186 valence electrons. The Bertz CT molecular complexity index is 1100. The molecule has 1 saturated heterocycles. The number of benzene rings is 2. The molecular formula is C24H30Cl2N2O5S. The molecule has 7 nitrogen and oxygen atoms in total. The van der Waals surface area contributed by atoms with Gasteiger partial charge in [0.1, 0.15) is 5.75 Å². The molecule has 1 fully saturated rings. The monoisotopic (exact) mass is 528 g/mol. The third kappa shape index (κ3) is 7.85.